The zero-order valence-electron chi connectivity index (χ0n) is 42.0. The molecule has 72 heavy (non-hydrogen) atoms. The zero-order valence-corrected chi connectivity index (χ0v) is 43.5. The standard InChI is InChI=1S/2C26H31ClN6O3/c2*1-14-5-7-17(8-6-14)16(3)33-23-20(30-25(33)15(2)13-35-4)10-21(24-31-26(34)36-32-24)29-22(23)18-9-19(27)12-28-11-18/h2*9-12,14-17H,5-8,13H2,1-4H3,(H,31,32,34). The second kappa shape index (κ2) is 22.0. The van der Waals surface area contributed by atoms with Crippen molar-refractivity contribution in [3.05, 3.63) is 91.8 Å². The summed E-state index contributed by atoms with van der Waals surface area (Å²) in [6.07, 6.45) is 16.3. The number of hydrogen-bond acceptors (Lipinski definition) is 14. The van der Waals surface area contributed by atoms with Gasteiger partial charge in [0.25, 0.3) is 0 Å². The Morgan fingerprint density at radius 2 is 0.986 bits per heavy atom. The molecule has 2 aliphatic carbocycles. The van der Waals surface area contributed by atoms with Crippen molar-refractivity contribution in [3.8, 4) is 45.6 Å². The number of hydrogen-bond donors (Lipinski definition) is 2. The molecule has 0 amide bonds. The lowest BCUT2D eigenvalue weighted by molar-refractivity contribution is 0.175. The van der Waals surface area contributed by atoms with Gasteiger partial charge in [0.15, 0.2) is 0 Å². The third-order valence-electron chi connectivity index (χ3n) is 14.7. The highest BCUT2D eigenvalue weighted by atomic mass is 35.5. The lowest BCUT2D eigenvalue weighted by Gasteiger charge is -2.33. The van der Waals surface area contributed by atoms with Crippen molar-refractivity contribution in [2.75, 3.05) is 27.4 Å². The summed E-state index contributed by atoms with van der Waals surface area (Å²) in [5, 5.41) is 8.73. The van der Waals surface area contributed by atoms with Crippen molar-refractivity contribution in [1.29, 1.82) is 0 Å². The molecule has 4 atom stereocenters. The molecule has 4 unspecified atom stereocenters. The number of imidazole rings is 2. The molecular weight excluding hydrogens is 960 g/mol. The van der Waals surface area contributed by atoms with Crippen LogP contribution in [0.4, 0.5) is 0 Å². The monoisotopic (exact) mass is 1020 g/mol. The van der Waals surface area contributed by atoms with Crippen LogP contribution in [0.25, 0.3) is 67.6 Å². The molecule has 2 aliphatic rings. The van der Waals surface area contributed by atoms with Gasteiger partial charge in [0.05, 0.1) is 56.7 Å². The van der Waals surface area contributed by atoms with Crippen molar-refractivity contribution in [2.45, 2.75) is 117 Å². The van der Waals surface area contributed by atoms with Crippen LogP contribution in [0, 0.1) is 23.7 Å². The Hall–Kier alpha value is -6.08. The number of ether oxygens (including phenoxy) is 2. The van der Waals surface area contributed by atoms with Gasteiger partial charge in [-0.2, -0.15) is 0 Å². The van der Waals surface area contributed by atoms with E-state index in [4.69, 9.17) is 61.7 Å². The summed E-state index contributed by atoms with van der Waals surface area (Å²) in [4.78, 5) is 57.2. The molecular formula is C52H62Cl2N12O6. The molecule has 0 saturated heterocycles. The number of pyridine rings is 4. The van der Waals surface area contributed by atoms with E-state index in [2.05, 4.69) is 80.9 Å². The van der Waals surface area contributed by atoms with Crippen LogP contribution in [-0.2, 0) is 9.47 Å². The predicted octanol–water partition coefficient (Wildman–Crippen LogP) is 11.3. The van der Waals surface area contributed by atoms with Gasteiger partial charge in [-0.05, 0) is 87.5 Å². The summed E-state index contributed by atoms with van der Waals surface area (Å²) >= 11 is 12.7. The highest BCUT2D eigenvalue weighted by Crippen LogP contribution is 2.43. The van der Waals surface area contributed by atoms with Gasteiger partial charge in [-0.25, -0.2) is 29.5 Å². The second-order valence-electron chi connectivity index (χ2n) is 20.0. The smallest absolute Gasteiger partial charge is 0.384 e. The van der Waals surface area contributed by atoms with E-state index in [0.717, 1.165) is 56.7 Å². The number of aromatic amines is 2. The molecule has 8 heterocycles. The van der Waals surface area contributed by atoms with Crippen molar-refractivity contribution < 1.29 is 18.5 Å². The quantitative estimate of drug-likeness (QED) is 0.103. The maximum absolute atomic E-state index is 11.7. The first kappa shape index (κ1) is 50.8. The minimum absolute atomic E-state index is 0.0630. The average molecular weight is 1020 g/mol. The minimum atomic E-state index is -0.641. The van der Waals surface area contributed by atoms with Gasteiger partial charge in [0.2, 0.25) is 11.6 Å². The largest absolute Gasteiger partial charge is 0.439 e. The minimum Gasteiger partial charge on any atom is -0.384 e. The maximum atomic E-state index is 11.7. The second-order valence-corrected chi connectivity index (χ2v) is 20.9. The molecule has 0 spiro atoms. The number of methoxy groups -OCH3 is 2. The number of H-pyrrole nitrogens is 2. The Kier molecular flexibility index (Phi) is 15.5. The van der Waals surface area contributed by atoms with Crippen LogP contribution in [0.15, 0.2) is 67.7 Å². The highest BCUT2D eigenvalue weighted by Gasteiger charge is 2.33. The summed E-state index contributed by atoms with van der Waals surface area (Å²) in [5.74, 6) is 3.82. The fourth-order valence-electron chi connectivity index (χ4n) is 10.8. The Morgan fingerprint density at radius 3 is 1.32 bits per heavy atom. The maximum Gasteiger partial charge on any atom is 0.439 e. The molecule has 2 N–H and O–H groups in total. The summed E-state index contributed by atoms with van der Waals surface area (Å²) in [7, 11) is 3.41. The topological polar surface area (TPSA) is 223 Å². The van der Waals surface area contributed by atoms with Gasteiger partial charge in [-0.15, -0.1) is 0 Å². The summed E-state index contributed by atoms with van der Waals surface area (Å²) in [6, 6.07) is 7.80. The van der Waals surface area contributed by atoms with Crippen molar-refractivity contribution in [2.24, 2.45) is 23.7 Å². The molecule has 20 heteroatoms. The first-order valence-electron chi connectivity index (χ1n) is 24.9. The number of halogens is 2. The average Bonchev–Trinajstić information content (AvgIpc) is 4.19. The molecule has 0 aliphatic heterocycles. The summed E-state index contributed by atoms with van der Waals surface area (Å²) in [6.45, 7) is 14.6. The van der Waals surface area contributed by atoms with Crippen LogP contribution in [-0.4, -0.2) is 86.8 Å². The molecule has 8 aromatic rings. The van der Waals surface area contributed by atoms with E-state index >= 15 is 0 Å². The van der Waals surface area contributed by atoms with Crippen molar-refractivity contribution >= 4 is 45.3 Å². The van der Waals surface area contributed by atoms with Crippen LogP contribution >= 0.6 is 23.2 Å². The van der Waals surface area contributed by atoms with E-state index < -0.39 is 11.5 Å². The molecule has 380 valence electrons. The van der Waals surface area contributed by atoms with E-state index in [0.29, 0.717) is 57.9 Å². The fourth-order valence-corrected chi connectivity index (χ4v) is 11.2. The molecule has 2 fully saturated rings. The van der Waals surface area contributed by atoms with Gasteiger partial charge >= 0.3 is 11.5 Å². The normalized spacial score (nSPS) is 20.0. The van der Waals surface area contributed by atoms with E-state index in [9.17, 15) is 9.59 Å². The van der Waals surface area contributed by atoms with Crippen LogP contribution in [0.5, 0.6) is 0 Å². The number of rotatable bonds is 14. The van der Waals surface area contributed by atoms with Crippen LogP contribution in [0.1, 0.15) is 128 Å². The van der Waals surface area contributed by atoms with Crippen molar-refractivity contribution in [1.82, 2.24) is 59.3 Å². The highest BCUT2D eigenvalue weighted by molar-refractivity contribution is 6.31. The number of nitrogens with one attached hydrogen (secondary N) is 2. The van der Waals surface area contributed by atoms with E-state index in [1.807, 2.05) is 24.3 Å². The van der Waals surface area contributed by atoms with E-state index in [1.54, 1.807) is 39.0 Å². The third kappa shape index (κ3) is 10.7. The molecule has 0 aromatic carbocycles. The Balaban J connectivity index is 0.000000178. The van der Waals surface area contributed by atoms with Gasteiger partial charge in [-0.3, -0.25) is 29.0 Å². The molecule has 0 radical (unpaired) electrons. The van der Waals surface area contributed by atoms with Crippen LogP contribution in [0.2, 0.25) is 10.0 Å². The molecule has 2 saturated carbocycles. The number of nitrogens with zero attached hydrogens (tertiary/aromatic N) is 10. The SMILES string of the molecule is COCC(C)c1nc2cc(-c3noc(=O)[nH]3)nc(-c3cncc(Cl)c3)c2n1C(C)C1CCC(C)CC1.COCC(C)c1nc2cc(-c3noc(=O)[nH]3)nc(-c3cncc(Cl)c3)c2n1C(C)C1CCC(C)CC1. The van der Waals surface area contributed by atoms with Crippen LogP contribution < -0.4 is 11.5 Å². The molecule has 18 nitrogen and oxygen atoms in total. The molecule has 10 rings (SSSR count). The van der Waals surface area contributed by atoms with E-state index in [1.165, 1.54) is 51.4 Å². The lowest BCUT2D eigenvalue weighted by atomic mass is 9.79. The van der Waals surface area contributed by atoms with Crippen molar-refractivity contribution in [3.63, 3.8) is 0 Å². The fraction of sp³-hybridized carbons (Fsp3) is 0.500. The van der Waals surface area contributed by atoms with Crippen LogP contribution in [0.3, 0.4) is 0 Å². The number of fused-ring (bicyclic) bond motifs is 2. The van der Waals surface area contributed by atoms with E-state index in [-0.39, 0.29) is 35.6 Å². The molecule has 0 bridgehead atoms. The first-order chi connectivity index (χ1) is 34.7. The Morgan fingerprint density at radius 1 is 0.597 bits per heavy atom. The van der Waals surface area contributed by atoms with Gasteiger partial charge in [0.1, 0.15) is 23.0 Å². The first-order valence-corrected chi connectivity index (χ1v) is 25.6. The lowest BCUT2D eigenvalue weighted by Crippen LogP contribution is -2.24. The molecule has 8 aromatic heterocycles. The summed E-state index contributed by atoms with van der Waals surface area (Å²) < 4.78 is 25.2. The third-order valence-corrected chi connectivity index (χ3v) is 15.1. The summed E-state index contributed by atoms with van der Waals surface area (Å²) in [5.41, 5.74) is 7.14. The predicted molar refractivity (Wildman–Crippen MR) is 276 cm³/mol. The zero-order chi connectivity index (χ0) is 50.8. The van der Waals surface area contributed by atoms with Gasteiger partial charge in [-0.1, -0.05) is 86.9 Å². The Bertz CT molecular complexity index is 3050. The Labute approximate surface area is 426 Å². The van der Waals surface area contributed by atoms with Gasteiger partial charge < -0.3 is 18.6 Å². The number of aromatic nitrogens is 12. The van der Waals surface area contributed by atoms with Gasteiger partial charge in [0, 0.05) is 74.1 Å².